The third kappa shape index (κ3) is 6.89. The fraction of sp³-hybridized carbons (Fsp3) is 0.200. The van der Waals surface area contributed by atoms with Gasteiger partial charge in [-0.05, 0) is 66.1 Å². The third-order valence-corrected chi connectivity index (χ3v) is 4.46. The Morgan fingerprint density at radius 1 is 0.968 bits per heavy atom. The van der Waals surface area contributed by atoms with Crippen LogP contribution in [0.15, 0.2) is 73.1 Å². The van der Waals surface area contributed by atoms with Crippen LogP contribution in [0.5, 0.6) is 17.2 Å². The van der Waals surface area contributed by atoms with Crippen LogP contribution in [-0.4, -0.2) is 24.6 Å². The number of methoxy groups -OCH3 is 1. The standard InChI is InChI=1S/C25H26N2O4/c1-3-30-22-8-4-19(5-9-22)7-11-25(28)27-17-21-6-10-23(24(16-21)29-2)31-18-20-12-14-26-15-13-20/h4-16H,3,17-18H2,1-2H3,(H,27,28)/b11-7+. The van der Waals surface area contributed by atoms with Gasteiger partial charge in [0.25, 0.3) is 0 Å². The average Bonchev–Trinajstić information content (AvgIpc) is 2.82. The van der Waals surface area contributed by atoms with Crippen molar-refractivity contribution in [3.63, 3.8) is 0 Å². The van der Waals surface area contributed by atoms with Gasteiger partial charge < -0.3 is 19.5 Å². The summed E-state index contributed by atoms with van der Waals surface area (Å²) in [6, 6.07) is 17.0. The number of aromatic nitrogens is 1. The Morgan fingerprint density at radius 2 is 1.74 bits per heavy atom. The predicted octanol–water partition coefficient (Wildman–Crippen LogP) is 4.40. The van der Waals surface area contributed by atoms with E-state index < -0.39 is 0 Å². The average molecular weight is 418 g/mol. The van der Waals surface area contributed by atoms with E-state index in [1.807, 2.05) is 61.5 Å². The highest BCUT2D eigenvalue weighted by Gasteiger charge is 2.07. The molecule has 6 heteroatoms. The van der Waals surface area contributed by atoms with E-state index in [2.05, 4.69) is 10.3 Å². The number of hydrogen-bond acceptors (Lipinski definition) is 5. The monoisotopic (exact) mass is 418 g/mol. The lowest BCUT2D eigenvalue weighted by Crippen LogP contribution is -2.20. The van der Waals surface area contributed by atoms with Crippen LogP contribution in [0.2, 0.25) is 0 Å². The van der Waals surface area contributed by atoms with Gasteiger partial charge in [0.15, 0.2) is 11.5 Å². The molecule has 0 radical (unpaired) electrons. The van der Waals surface area contributed by atoms with Crippen LogP contribution in [0.25, 0.3) is 6.08 Å². The summed E-state index contributed by atoms with van der Waals surface area (Å²) in [6.07, 6.45) is 6.74. The molecule has 1 aromatic heterocycles. The molecular formula is C25H26N2O4. The van der Waals surface area contributed by atoms with Crippen LogP contribution in [-0.2, 0) is 17.9 Å². The van der Waals surface area contributed by atoms with E-state index in [9.17, 15) is 4.79 Å². The molecule has 3 rings (SSSR count). The number of hydrogen-bond donors (Lipinski definition) is 1. The molecule has 3 aromatic rings. The van der Waals surface area contributed by atoms with Crippen molar-refractivity contribution in [1.29, 1.82) is 0 Å². The Balaban J connectivity index is 1.52. The minimum atomic E-state index is -0.175. The molecule has 1 heterocycles. The van der Waals surface area contributed by atoms with Gasteiger partial charge in [-0.2, -0.15) is 0 Å². The van der Waals surface area contributed by atoms with Crippen LogP contribution >= 0.6 is 0 Å². The zero-order chi connectivity index (χ0) is 21.9. The molecule has 0 bridgehead atoms. The molecule has 0 atom stereocenters. The first-order valence-electron chi connectivity index (χ1n) is 10.1. The molecule has 0 spiro atoms. The number of nitrogens with one attached hydrogen (secondary N) is 1. The zero-order valence-corrected chi connectivity index (χ0v) is 17.7. The lowest BCUT2D eigenvalue weighted by Gasteiger charge is -2.12. The molecule has 0 aliphatic rings. The van der Waals surface area contributed by atoms with Crippen molar-refractivity contribution >= 4 is 12.0 Å². The summed E-state index contributed by atoms with van der Waals surface area (Å²) in [5, 5.41) is 2.88. The third-order valence-electron chi connectivity index (χ3n) is 4.46. The second-order valence-electron chi connectivity index (χ2n) is 6.68. The van der Waals surface area contributed by atoms with Gasteiger partial charge in [-0.15, -0.1) is 0 Å². The highest BCUT2D eigenvalue weighted by atomic mass is 16.5. The molecule has 0 fully saturated rings. The van der Waals surface area contributed by atoms with Crippen LogP contribution in [0.1, 0.15) is 23.6 Å². The summed E-state index contributed by atoms with van der Waals surface area (Å²) in [5.41, 5.74) is 2.86. The predicted molar refractivity (Wildman–Crippen MR) is 120 cm³/mol. The van der Waals surface area contributed by atoms with Crippen molar-refractivity contribution in [2.24, 2.45) is 0 Å². The molecular weight excluding hydrogens is 392 g/mol. The fourth-order valence-corrected chi connectivity index (χ4v) is 2.84. The minimum absolute atomic E-state index is 0.175. The van der Waals surface area contributed by atoms with Crippen LogP contribution < -0.4 is 19.5 Å². The summed E-state index contributed by atoms with van der Waals surface area (Å²) < 4.78 is 16.7. The molecule has 160 valence electrons. The van der Waals surface area contributed by atoms with Crippen molar-refractivity contribution < 1.29 is 19.0 Å². The van der Waals surface area contributed by atoms with Crippen molar-refractivity contribution in [3.05, 3.63) is 89.8 Å². The zero-order valence-electron chi connectivity index (χ0n) is 17.7. The highest BCUT2D eigenvalue weighted by molar-refractivity contribution is 5.91. The lowest BCUT2D eigenvalue weighted by molar-refractivity contribution is -0.116. The Morgan fingerprint density at radius 3 is 2.45 bits per heavy atom. The maximum Gasteiger partial charge on any atom is 0.244 e. The van der Waals surface area contributed by atoms with Crippen molar-refractivity contribution in [1.82, 2.24) is 10.3 Å². The number of rotatable bonds is 10. The number of amides is 1. The summed E-state index contributed by atoms with van der Waals surface area (Å²) in [7, 11) is 1.59. The second-order valence-corrected chi connectivity index (χ2v) is 6.68. The Kier molecular flexibility index (Phi) is 8.05. The molecule has 31 heavy (non-hydrogen) atoms. The molecule has 0 aliphatic heterocycles. The fourth-order valence-electron chi connectivity index (χ4n) is 2.84. The SMILES string of the molecule is CCOc1ccc(/C=C/C(=O)NCc2ccc(OCc3ccncc3)c(OC)c2)cc1. The number of pyridine rings is 1. The van der Waals surface area contributed by atoms with Crippen molar-refractivity contribution in [2.75, 3.05) is 13.7 Å². The number of ether oxygens (including phenoxy) is 3. The normalized spacial score (nSPS) is 10.6. The molecule has 0 aliphatic carbocycles. The van der Waals surface area contributed by atoms with Gasteiger partial charge in [0, 0.05) is 25.0 Å². The van der Waals surface area contributed by atoms with E-state index in [0.717, 1.165) is 22.4 Å². The van der Waals surface area contributed by atoms with Gasteiger partial charge in [0.1, 0.15) is 12.4 Å². The molecule has 0 unspecified atom stereocenters. The van der Waals surface area contributed by atoms with E-state index in [4.69, 9.17) is 14.2 Å². The minimum Gasteiger partial charge on any atom is -0.494 e. The van der Waals surface area contributed by atoms with Gasteiger partial charge in [0.2, 0.25) is 5.91 Å². The molecule has 1 N–H and O–H groups in total. The van der Waals surface area contributed by atoms with E-state index >= 15 is 0 Å². The van der Waals surface area contributed by atoms with E-state index in [0.29, 0.717) is 31.3 Å². The molecule has 6 nitrogen and oxygen atoms in total. The van der Waals surface area contributed by atoms with Crippen molar-refractivity contribution in [3.8, 4) is 17.2 Å². The number of carbonyl (C=O) groups excluding carboxylic acids is 1. The van der Waals surface area contributed by atoms with Gasteiger partial charge in [-0.3, -0.25) is 9.78 Å². The quantitative estimate of drug-likeness (QED) is 0.494. The first kappa shape index (κ1) is 21.9. The van der Waals surface area contributed by atoms with Crippen LogP contribution in [0.3, 0.4) is 0 Å². The van der Waals surface area contributed by atoms with E-state index in [1.165, 1.54) is 6.08 Å². The van der Waals surface area contributed by atoms with Gasteiger partial charge >= 0.3 is 0 Å². The second kappa shape index (κ2) is 11.4. The molecule has 0 saturated carbocycles. The van der Waals surface area contributed by atoms with Gasteiger partial charge in [0.05, 0.1) is 13.7 Å². The summed E-state index contributed by atoms with van der Waals surface area (Å²) in [6.45, 7) is 3.37. The molecule has 2 aromatic carbocycles. The number of nitrogens with zero attached hydrogens (tertiary/aromatic N) is 1. The largest absolute Gasteiger partial charge is 0.494 e. The van der Waals surface area contributed by atoms with E-state index in [-0.39, 0.29) is 5.91 Å². The first-order chi connectivity index (χ1) is 15.2. The smallest absolute Gasteiger partial charge is 0.244 e. The molecule has 1 amide bonds. The summed E-state index contributed by atoms with van der Waals surface area (Å²) in [4.78, 5) is 16.2. The maximum atomic E-state index is 12.2. The Hall–Kier alpha value is -3.80. The lowest BCUT2D eigenvalue weighted by atomic mass is 10.2. The number of carbonyl (C=O) groups is 1. The number of benzene rings is 2. The Labute approximate surface area is 182 Å². The van der Waals surface area contributed by atoms with Crippen LogP contribution in [0, 0.1) is 0 Å². The molecule has 0 saturated heterocycles. The first-order valence-corrected chi connectivity index (χ1v) is 10.1. The summed E-state index contributed by atoms with van der Waals surface area (Å²) >= 11 is 0. The van der Waals surface area contributed by atoms with Crippen molar-refractivity contribution in [2.45, 2.75) is 20.1 Å². The van der Waals surface area contributed by atoms with Crippen LogP contribution in [0.4, 0.5) is 0 Å². The highest BCUT2D eigenvalue weighted by Crippen LogP contribution is 2.28. The van der Waals surface area contributed by atoms with E-state index in [1.54, 1.807) is 25.6 Å². The Bertz CT molecular complexity index is 1000. The maximum absolute atomic E-state index is 12.2. The topological polar surface area (TPSA) is 69.7 Å². The van der Waals surface area contributed by atoms with Gasteiger partial charge in [-0.1, -0.05) is 18.2 Å². The summed E-state index contributed by atoms with van der Waals surface area (Å²) in [5.74, 6) is 1.90. The van der Waals surface area contributed by atoms with Gasteiger partial charge in [-0.25, -0.2) is 0 Å².